The number of amides is 2. The van der Waals surface area contributed by atoms with Gasteiger partial charge in [0, 0.05) is 40.6 Å². The van der Waals surface area contributed by atoms with Gasteiger partial charge in [0.15, 0.2) is 0 Å². The van der Waals surface area contributed by atoms with Crippen molar-refractivity contribution in [2.24, 2.45) is 5.92 Å². The zero-order valence-corrected chi connectivity index (χ0v) is 19.3. The van der Waals surface area contributed by atoms with Crippen LogP contribution in [0.1, 0.15) is 40.3 Å². The van der Waals surface area contributed by atoms with Gasteiger partial charge in [-0.25, -0.2) is 0 Å². The van der Waals surface area contributed by atoms with Crippen molar-refractivity contribution in [3.8, 4) is 5.69 Å². The van der Waals surface area contributed by atoms with E-state index >= 15 is 0 Å². The van der Waals surface area contributed by atoms with Crippen molar-refractivity contribution in [2.75, 3.05) is 13.1 Å². The van der Waals surface area contributed by atoms with E-state index in [1.165, 1.54) is 0 Å². The van der Waals surface area contributed by atoms with E-state index in [-0.39, 0.29) is 17.7 Å². The maximum absolute atomic E-state index is 13.2. The molecule has 2 aromatic heterocycles. The van der Waals surface area contributed by atoms with Crippen molar-refractivity contribution in [1.29, 1.82) is 0 Å². The number of hydrogen-bond donors (Lipinski definition) is 1. The number of benzene rings is 1. The number of piperidine rings is 1. The predicted octanol–water partition coefficient (Wildman–Crippen LogP) is 4.62. The highest BCUT2D eigenvalue weighted by Gasteiger charge is 2.29. The molecule has 1 aromatic carbocycles. The van der Waals surface area contributed by atoms with Crippen LogP contribution in [-0.2, 0) is 11.3 Å². The normalized spacial score (nSPS) is 14.6. The third kappa shape index (κ3) is 4.61. The second kappa shape index (κ2) is 9.14. The Labute approximate surface area is 190 Å². The number of hydrogen-bond acceptors (Lipinski definition) is 3. The first-order chi connectivity index (χ1) is 14.9. The van der Waals surface area contributed by atoms with E-state index in [2.05, 4.69) is 25.8 Å². The highest BCUT2D eigenvalue weighted by molar-refractivity contribution is 9.10. The molecule has 0 saturated carbocycles. The fraction of sp³-hybridized carbons (Fsp3) is 0.333. The fourth-order valence-corrected chi connectivity index (χ4v) is 4.48. The van der Waals surface area contributed by atoms with E-state index in [9.17, 15) is 9.59 Å². The average Bonchev–Trinajstić information content (AvgIpc) is 3.40. The Morgan fingerprint density at radius 3 is 2.48 bits per heavy atom. The van der Waals surface area contributed by atoms with Crippen LogP contribution in [0.4, 0.5) is 0 Å². The molecule has 162 valence electrons. The van der Waals surface area contributed by atoms with Gasteiger partial charge in [-0.15, -0.1) is 0 Å². The minimum Gasteiger partial charge on any atom is -0.467 e. The van der Waals surface area contributed by atoms with Gasteiger partial charge in [-0.1, -0.05) is 15.9 Å². The van der Waals surface area contributed by atoms with E-state index in [0.29, 0.717) is 32.5 Å². The molecule has 1 saturated heterocycles. The van der Waals surface area contributed by atoms with E-state index in [4.69, 9.17) is 4.42 Å². The summed E-state index contributed by atoms with van der Waals surface area (Å²) in [5.74, 6) is 0.721. The molecule has 31 heavy (non-hydrogen) atoms. The van der Waals surface area contributed by atoms with Crippen molar-refractivity contribution in [1.82, 2.24) is 14.8 Å². The van der Waals surface area contributed by atoms with E-state index < -0.39 is 0 Å². The standard InChI is InChI=1S/C24H26BrN3O3/c1-16-14-22(17(2)28(16)20-7-5-19(25)6-8-20)24(30)27-11-9-18(10-12-27)23(29)26-15-21-4-3-13-31-21/h3-8,13-14,18H,9-12,15H2,1-2H3,(H,26,29). The van der Waals surface area contributed by atoms with Gasteiger partial charge < -0.3 is 19.2 Å². The smallest absolute Gasteiger partial charge is 0.255 e. The zero-order valence-electron chi connectivity index (χ0n) is 17.7. The Morgan fingerprint density at radius 2 is 1.84 bits per heavy atom. The molecule has 3 heterocycles. The average molecular weight is 484 g/mol. The molecule has 0 unspecified atom stereocenters. The number of furan rings is 1. The second-order valence-corrected chi connectivity index (χ2v) is 8.88. The SMILES string of the molecule is Cc1cc(C(=O)N2CCC(C(=O)NCc3ccco3)CC2)c(C)n1-c1ccc(Br)cc1. The molecule has 6 nitrogen and oxygen atoms in total. The van der Waals surface area contributed by atoms with Crippen molar-refractivity contribution in [3.63, 3.8) is 0 Å². The predicted molar refractivity (Wildman–Crippen MR) is 122 cm³/mol. The van der Waals surface area contributed by atoms with Crippen molar-refractivity contribution < 1.29 is 14.0 Å². The monoisotopic (exact) mass is 483 g/mol. The molecule has 1 aliphatic heterocycles. The summed E-state index contributed by atoms with van der Waals surface area (Å²) in [6.07, 6.45) is 2.93. The minimum absolute atomic E-state index is 0.0249. The summed E-state index contributed by atoms with van der Waals surface area (Å²) in [6.45, 7) is 5.56. The largest absolute Gasteiger partial charge is 0.467 e. The number of halogens is 1. The minimum atomic E-state index is -0.0748. The maximum Gasteiger partial charge on any atom is 0.255 e. The van der Waals surface area contributed by atoms with Crippen molar-refractivity contribution in [2.45, 2.75) is 33.2 Å². The highest BCUT2D eigenvalue weighted by Crippen LogP contribution is 2.25. The number of carbonyl (C=O) groups excluding carboxylic acids is 2. The second-order valence-electron chi connectivity index (χ2n) is 7.96. The number of aryl methyl sites for hydroxylation is 1. The van der Waals surface area contributed by atoms with Crippen LogP contribution >= 0.6 is 15.9 Å². The zero-order chi connectivity index (χ0) is 22.0. The van der Waals surface area contributed by atoms with Gasteiger partial charge in [0.05, 0.1) is 18.4 Å². The Morgan fingerprint density at radius 1 is 1.13 bits per heavy atom. The van der Waals surface area contributed by atoms with E-state index in [0.717, 1.165) is 32.9 Å². The Balaban J connectivity index is 1.39. The molecular formula is C24H26BrN3O3. The van der Waals surface area contributed by atoms with Crippen LogP contribution in [0.3, 0.4) is 0 Å². The Hall–Kier alpha value is -2.80. The molecular weight excluding hydrogens is 458 g/mol. The lowest BCUT2D eigenvalue weighted by Crippen LogP contribution is -2.43. The van der Waals surface area contributed by atoms with Crippen molar-refractivity contribution in [3.05, 3.63) is 75.9 Å². The molecule has 0 atom stereocenters. The van der Waals surface area contributed by atoms with E-state index in [1.54, 1.807) is 12.3 Å². The van der Waals surface area contributed by atoms with Gasteiger partial charge in [0.1, 0.15) is 5.76 Å². The summed E-state index contributed by atoms with van der Waals surface area (Å²) < 4.78 is 8.38. The maximum atomic E-state index is 13.2. The summed E-state index contributed by atoms with van der Waals surface area (Å²) in [5, 5.41) is 2.93. The summed E-state index contributed by atoms with van der Waals surface area (Å²) >= 11 is 3.47. The summed E-state index contributed by atoms with van der Waals surface area (Å²) in [4.78, 5) is 27.5. The van der Waals surface area contributed by atoms with Gasteiger partial charge in [0.25, 0.3) is 5.91 Å². The molecule has 1 N–H and O–H groups in total. The number of carbonyl (C=O) groups is 2. The number of nitrogens with one attached hydrogen (secondary N) is 1. The van der Waals surface area contributed by atoms with Gasteiger partial charge in [-0.2, -0.15) is 0 Å². The molecule has 0 bridgehead atoms. The molecule has 3 aromatic rings. The quantitative estimate of drug-likeness (QED) is 0.575. The molecule has 2 amide bonds. The van der Waals surface area contributed by atoms with Crippen LogP contribution in [0.2, 0.25) is 0 Å². The highest BCUT2D eigenvalue weighted by atomic mass is 79.9. The topological polar surface area (TPSA) is 67.5 Å². The lowest BCUT2D eigenvalue weighted by molar-refractivity contribution is -0.126. The molecule has 7 heteroatoms. The lowest BCUT2D eigenvalue weighted by atomic mass is 9.95. The third-order valence-corrected chi connectivity index (χ3v) is 6.44. The fourth-order valence-electron chi connectivity index (χ4n) is 4.21. The van der Waals surface area contributed by atoms with E-state index in [1.807, 2.05) is 55.1 Å². The van der Waals surface area contributed by atoms with Gasteiger partial charge in [-0.3, -0.25) is 9.59 Å². The summed E-state index contributed by atoms with van der Waals surface area (Å²) in [7, 11) is 0. The Bertz CT molecular complexity index is 1060. The molecule has 0 aliphatic carbocycles. The summed E-state index contributed by atoms with van der Waals surface area (Å²) in [6, 6.07) is 13.7. The summed E-state index contributed by atoms with van der Waals surface area (Å²) in [5.41, 5.74) is 3.71. The molecule has 1 aliphatic rings. The molecule has 0 spiro atoms. The number of aromatic nitrogens is 1. The molecule has 1 fully saturated rings. The van der Waals surface area contributed by atoms with Gasteiger partial charge >= 0.3 is 0 Å². The lowest BCUT2D eigenvalue weighted by Gasteiger charge is -2.31. The number of nitrogens with zero attached hydrogens (tertiary/aromatic N) is 2. The van der Waals surface area contributed by atoms with Crippen LogP contribution in [-0.4, -0.2) is 34.4 Å². The van der Waals surface area contributed by atoms with Crippen molar-refractivity contribution >= 4 is 27.7 Å². The molecule has 0 radical (unpaired) electrons. The van der Waals surface area contributed by atoms with Crippen LogP contribution in [0.25, 0.3) is 5.69 Å². The third-order valence-electron chi connectivity index (χ3n) is 5.92. The first-order valence-corrected chi connectivity index (χ1v) is 11.3. The number of rotatable bonds is 5. The first-order valence-electron chi connectivity index (χ1n) is 10.5. The van der Waals surface area contributed by atoms with Crippen LogP contribution in [0, 0.1) is 19.8 Å². The first kappa shape index (κ1) is 21.4. The molecule has 4 rings (SSSR count). The van der Waals surface area contributed by atoms with Gasteiger partial charge in [0.2, 0.25) is 5.91 Å². The van der Waals surface area contributed by atoms with Crippen LogP contribution in [0.5, 0.6) is 0 Å². The van der Waals surface area contributed by atoms with Crippen LogP contribution in [0.15, 0.2) is 57.6 Å². The number of likely N-dealkylation sites (tertiary alicyclic amines) is 1. The van der Waals surface area contributed by atoms with Crippen LogP contribution < -0.4 is 5.32 Å². The van der Waals surface area contributed by atoms with Gasteiger partial charge in [-0.05, 0) is 69.2 Å². The Kier molecular flexibility index (Phi) is 6.32.